The molecule has 0 unspecified atom stereocenters. The second kappa shape index (κ2) is 8.61. The third kappa shape index (κ3) is 5.02. The lowest BCUT2D eigenvalue weighted by molar-refractivity contribution is 0.157. The quantitative estimate of drug-likeness (QED) is 0.565. The molecule has 144 valence electrons. The van der Waals surface area contributed by atoms with Gasteiger partial charge in [0.1, 0.15) is 0 Å². The van der Waals surface area contributed by atoms with Crippen LogP contribution in [0, 0.1) is 0 Å². The molecule has 3 aliphatic carbocycles. The van der Waals surface area contributed by atoms with Crippen LogP contribution in [0.15, 0.2) is 35.3 Å². The minimum Gasteiger partial charge on any atom is -0.340 e. The summed E-state index contributed by atoms with van der Waals surface area (Å²) < 4.78 is 0. The molecule has 0 atom stereocenters. The number of hydrogen-bond donors (Lipinski definition) is 3. The van der Waals surface area contributed by atoms with Crippen molar-refractivity contribution in [3.8, 4) is 18.0 Å². The molecule has 0 aliphatic heterocycles. The summed E-state index contributed by atoms with van der Waals surface area (Å²) in [5.41, 5.74) is 11.7. The second-order valence-electron chi connectivity index (χ2n) is 6.66. The van der Waals surface area contributed by atoms with Gasteiger partial charge in [0.2, 0.25) is 0 Å². The fourth-order valence-electron chi connectivity index (χ4n) is 3.08. The summed E-state index contributed by atoms with van der Waals surface area (Å²) in [6.07, 6.45) is 15.6. The molecule has 0 saturated carbocycles. The maximum Gasteiger partial charge on any atom is 0.352 e. The molecule has 1 aromatic heterocycles. The lowest BCUT2D eigenvalue weighted by Crippen LogP contribution is -2.23. The third-order valence-corrected chi connectivity index (χ3v) is 4.52. The van der Waals surface area contributed by atoms with Gasteiger partial charge < -0.3 is 14.5 Å². The van der Waals surface area contributed by atoms with E-state index < -0.39 is 0 Å². The Kier molecular flexibility index (Phi) is 5.56. The fraction of sp³-hybridized carbons (Fsp3) is 0.500. The average molecular weight is 372 g/mol. The lowest BCUT2D eigenvalue weighted by Gasteiger charge is -2.12. The van der Waals surface area contributed by atoms with Gasteiger partial charge in [-0.25, -0.2) is 16.4 Å². The summed E-state index contributed by atoms with van der Waals surface area (Å²) in [4.78, 5) is 29.0. The van der Waals surface area contributed by atoms with Gasteiger partial charge in [-0.15, -0.1) is 15.0 Å². The van der Waals surface area contributed by atoms with E-state index in [1.54, 1.807) is 0 Å². The number of hydrogen-bond acceptors (Lipinski definition) is 9. The van der Waals surface area contributed by atoms with E-state index in [0.29, 0.717) is 0 Å². The summed E-state index contributed by atoms with van der Waals surface area (Å²) in [6.45, 7) is 0. The first kappa shape index (κ1) is 17.4. The van der Waals surface area contributed by atoms with Gasteiger partial charge in [-0.1, -0.05) is 18.2 Å². The zero-order chi connectivity index (χ0) is 18.3. The summed E-state index contributed by atoms with van der Waals surface area (Å²) in [5, 5.41) is 0. The Bertz CT molecular complexity index is 649. The molecule has 3 N–H and O–H groups in total. The summed E-state index contributed by atoms with van der Waals surface area (Å²) >= 11 is 0. The molecule has 1 heterocycles. The van der Waals surface area contributed by atoms with Crippen LogP contribution in [0.1, 0.15) is 57.8 Å². The van der Waals surface area contributed by atoms with Gasteiger partial charge in [-0.05, 0) is 57.8 Å². The molecule has 0 bridgehead atoms. The predicted molar refractivity (Wildman–Crippen MR) is 96.9 cm³/mol. The molecule has 27 heavy (non-hydrogen) atoms. The highest BCUT2D eigenvalue weighted by atomic mass is 16.7. The van der Waals surface area contributed by atoms with E-state index in [-0.39, 0.29) is 18.0 Å². The minimum absolute atomic E-state index is 0.0761. The Morgan fingerprint density at radius 3 is 1.15 bits per heavy atom. The Balaban J connectivity index is 1.42. The molecule has 0 radical (unpaired) electrons. The van der Waals surface area contributed by atoms with E-state index in [0.717, 1.165) is 74.9 Å². The van der Waals surface area contributed by atoms with Gasteiger partial charge in [0.15, 0.2) is 0 Å². The summed E-state index contributed by atoms with van der Waals surface area (Å²) in [6, 6.07) is 0.228. The zero-order valence-corrected chi connectivity index (χ0v) is 15.2. The Morgan fingerprint density at radius 2 is 0.889 bits per heavy atom. The van der Waals surface area contributed by atoms with Crippen LogP contribution in [0.2, 0.25) is 0 Å². The molecule has 3 aliphatic rings. The first-order chi connectivity index (χ1) is 13.3. The van der Waals surface area contributed by atoms with Crippen LogP contribution in [0.4, 0.5) is 0 Å². The van der Waals surface area contributed by atoms with Gasteiger partial charge in [0, 0.05) is 17.1 Å². The van der Waals surface area contributed by atoms with Crippen LogP contribution in [0.5, 0.6) is 18.0 Å². The Hall–Kier alpha value is -2.97. The van der Waals surface area contributed by atoms with Crippen molar-refractivity contribution in [2.75, 3.05) is 0 Å². The minimum atomic E-state index is 0.0761. The number of nitrogens with one attached hydrogen (secondary N) is 3. The van der Waals surface area contributed by atoms with Crippen LogP contribution >= 0.6 is 0 Å². The van der Waals surface area contributed by atoms with Crippen molar-refractivity contribution in [3.05, 3.63) is 35.3 Å². The van der Waals surface area contributed by atoms with E-state index in [2.05, 4.69) is 49.6 Å². The fourth-order valence-corrected chi connectivity index (χ4v) is 3.08. The number of allylic oxidation sites excluding steroid dienone is 6. The van der Waals surface area contributed by atoms with Gasteiger partial charge >= 0.3 is 18.0 Å². The third-order valence-electron chi connectivity index (χ3n) is 4.52. The maximum atomic E-state index is 5.49. The second-order valence-corrected chi connectivity index (χ2v) is 6.66. The molecular formula is C18H24N6O3. The number of hydroxylamine groups is 3. The lowest BCUT2D eigenvalue weighted by atomic mass is 10.3. The molecule has 0 fully saturated rings. The van der Waals surface area contributed by atoms with E-state index in [1.165, 1.54) is 0 Å². The number of aromatic nitrogens is 3. The van der Waals surface area contributed by atoms with Crippen molar-refractivity contribution in [1.29, 1.82) is 0 Å². The normalized spacial score (nSPS) is 18.4. The Labute approximate surface area is 157 Å². The van der Waals surface area contributed by atoms with Crippen LogP contribution in [0.25, 0.3) is 0 Å². The van der Waals surface area contributed by atoms with Crippen molar-refractivity contribution in [2.45, 2.75) is 57.8 Å². The first-order valence-corrected chi connectivity index (χ1v) is 9.47. The molecule has 1 aromatic rings. The Morgan fingerprint density at radius 1 is 0.556 bits per heavy atom. The number of nitrogens with zero attached hydrogens (tertiary/aromatic N) is 3. The standard InChI is InChI=1S/C18H24N6O3/c1-2-8-13(7-1)22-25-16-19-17(26-23-14-9-3-4-10-14)21-18(20-16)27-24-15-11-5-6-12-15/h7,9,11,22-24H,1-6,8,10,12H2. The highest BCUT2D eigenvalue weighted by Gasteiger charge is 2.14. The van der Waals surface area contributed by atoms with Crippen LogP contribution in [0.3, 0.4) is 0 Å². The van der Waals surface area contributed by atoms with Gasteiger partial charge in [0.25, 0.3) is 0 Å². The molecule has 9 nitrogen and oxygen atoms in total. The van der Waals surface area contributed by atoms with Crippen LogP contribution in [-0.2, 0) is 0 Å². The highest BCUT2D eigenvalue weighted by Crippen LogP contribution is 2.20. The molecular weight excluding hydrogens is 348 g/mol. The van der Waals surface area contributed by atoms with E-state index in [4.69, 9.17) is 14.5 Å². The molecule has 4 rings (SSSR count). The topological polar surface area (TPSA) is 102 Å². The summed E-state index contributed by atoms with van der Waals surface area (Å²) in [7, 11) is 0. The molecule has 9 heteroatoms. The monoisotopic (exact) mass is 372 g/mol. The molecule has 0 amide bonds. The van der Waals surface area contributed by atoms with E-state index in [9.17, 15) is 0 Å². The van der Waals surface area contributed by atoms with E-state index in [1.807, 2.05) is 0 Å². The van der Waals surface area contributed by atoms with Crippen molar-refractivity contribution in [2.24, 2.45) is 0 Å². The maximum absolute atomic E-state index is 5.49. The zero-order valence-electron chi connectivity index (χ0n) is 15.2. The van der Waals surface area contributed by atoms with Gasteiger partial charge in [0.05, 0.1) is 0 Å². The smallest absolute Gasteiger partial charge is 0.340 e. The number of rotatable bonds is 9. The van der Waals surface area contributed by atoms with Gasteiger partial charge in [-0.2, -0.15) is 0 Å². The highest BCUT2D eigenvalue weighted by molar-refractivity contribution is 5.12. The SMILES string of the molecule is C1=C(NOc2nc(ONC3=CCCC3)nc(ONC3=CCCC3)n2)CCC1. The summed E-state index contributed by atoms with van der Waals surface area (Å²) in [5.74, 6) is 0. The van der Waals surface area contributed by atoms with Crippen molar-refractivity contribution in [1.82, 2.24) is 31.4 Å². The first-order valence-electron chi connectivity index (χ1n) is 9.47. The van der Waals surface area contributed by atoms with E-state index >= 15 is 0 Å². The van der Waals surface area contributed by atoms with Crippen LogP contribution < -0.4 is 31.0 Å². The van der Waals surface area contributed by atoms with Crippen molar-refractivity contribution < 1.29 is 14.5 Å². The van der Waals surface area contributed by atoms with Gasteiger partial charge in [-0.3, -0.25) is 0 Å². The largest absolute Gasteiger partial charge is 0.352 e. The molecule has 0 aromatic carbocycles. The molecule has 0 spiro atoms. The molecule has 0 saturated heterocycles. The van der Waals surface area contributed by atoms with Crippen molar-refractivity contribution in [3.63, 3.8) is 0 Å². The van der Waals surface area contributed by atoms with Crippen molar-refractivity contribution >= 4 is 0 Å². The predicted octanol–water partition coefficient (Wildman–Crippen LogP) is 2.73. The van der Waals surface area contributed by atoms with Crippen LogP contribution in [-0.4, -0.2) is 15.0 Å². The average Bonchev–Trinajstić information content (AvgIpc) is 3.46.